The van der Waals surface area contributed by atoms with E-state index in [1.807, 2.05) is 18.2 Å². The van der Waals surface area contributed by atoms with Gasteiger partial charge in [-0.1, -0.05) is 37.6 Å². The van der Waals surface area contributed by atoms with Crippen LogP contribution in [-0.2, 0) is 6.54 Å². The summed E-state index contributed by atoms with van der Waals surface area (Å²) in [6, 6.07) is 12.6. The fourth-order valence-electron chi connectivity index (χ4n) is 2.85. The molecule has 0 bridgehead atoms. The van der Waals surface area contributed by atoms with Gasteiger partial charge in [0.25, 0.3) is 0 Å². The predicted molar refractivity (Wildman–Crippen MR) is 86.6 cm³/mol. The van der Waals surface area contributed by atoms with Crippen molar-refractivity contribution in [3.05, 3.63) is 58.5 Å². The zero-order chi connectivity index (χ0) is 14.8. The van der Waals surface area contributed by atoms with Crippen LogP contribution in [0.1, 0.15) is 55.7 Å². The second-order valence-electron chi connectivity index (χ2n) is 6.02. The van der Waals surface area contributed by atoms with E-state index in [1.165, 1.54) is 12.0 Å². The van der Waals surface area contributed by atoms with Crippen LogP contribution in [0.4, 0.5) is 0 Å². The highest BCUT2D eigenvalue weighted by Gasteiger charge is 2.36. The van der Waals surface area contributed by atoms with Gasteiger partial charge >= 0.3 is 0 Å². The number of rotatable bonds is 6. The molecule has 1 fully saturated rings. The quantitative estimate of drug-likeness (QED) is 0.783. The first-order chi connectivity index (χ1) is 10.2. The van der Waals surface area contributed by atoms with Crippen LogP contribution in [0, 0.1) is 5.92 Å². The number of furan rings is 1. The zero-order valence-corrected chi connectivity index (χ0v) is 13.4. The Morgan fingerprint density at radius 1 is 1.33 bits per heavy atom. The molecular weight excluding hydrogens is 282 g/mol. The van der Waals surface area contributed by atoms with Crippen molar-refractivity contribution < 1.29 is 4.42 Å². The van der Waals surface area contributed by atoms with Crippen LogP contribution in [-0.4, -0.2) is 0 Å². The molecule has 3 rings (SSSR count). The Hall–Kier alpha value is -1.25. The summed E-state index contributed by atoms with van der Waals surface area (Å²) in [6.45, 7) is 5.21. The third-order valence-corrected chi connectivity index (χ3v) is 4.57. The Balaban J connectivity index is 1.61. The van der Waals surface area contributed by atoms with Gasteiger partial charge in [-0.2, -0.15) is 0 Å². The summed E-state index contributed by atoms with van der Waals surface area (Å²) in [7, 11) is 0. The molecular formula is C18H22ClNO. The second-order valence-corrected chi connectivity index (χ2v) is 6.46. The summed E-state index contributed by atoms with van der Waals surface area (Å²) >= 11 is 6.08. The van der Waals surface area contributed by atoms with E-state index in [-0.39, 0.29) is 0 Å². The highest BCUT2D eigenvalue weighted by atomic mass is 35.5. The smallest absolute Gasteiger partial charge is 0.117 e. The molecule has 1 aliphatic rings. The van der Waals surface area contributed by atoms with Gasteiger partial charge in [0, 0.05) is 17.0 Å². The van der Waals surface area contributed by atoms with Crippen LogP contribution in [0.25, 0.3) is 0 Å². The molecule has 0 saturated heterocycles. The standard InChI is InChI=1S/C18H22ClNO/c1-3-17(13-5-4-6-14(19)10-13)20-11-15-7-8-18(21-15)16-9-12(16)2/h4-8,10,12,16-17,20H,3,9,11H2,1-2H3. The van der Waals surface area contributed by atoms with Gasteiger partial charge in [0.05, 0.1) is 6.54 Å². The molecule has 1 saturated carbocycles. The van der Waals surface area contributed by atoms with Crippen LogP contribution < -0.4 is 5.32 Å². The predicted octanol–water partition coefficient (Wildman–Crippen LogP) is 5.30. The number of hydrogen-bond acceptors (Lipinski definition) is 2. The summed E-state index contributed by atoms with van der Waals surface area (Å²) in [5.74, 6) is 3.60. The van der Waals surface area contributed by atoms with Crippen molar-refractivity contribution in [3.63, 3.8) is 0 Å². The van der Waals surface area contributed by atoms with E-state index < -0.39 is 0 Å². The van der Waals surface area contributed by atoms with Gasteiger partial charge < -0.3 is 9.73 Å². The Kier molecular flexibility index (Phi) is 4.37. The summed E-state index contributed by atoms with van der Waals surface area (Å²) in [5, 5.41) is 4.35. The Bertz CT molecular complexity index is 607. The SMILES string of the molecule is CCC(NCc1ccc(C2CC2C)o1)c1cccc(Cl)c1. The van der Waals surface area contributed by atoms with Gasteiger partial charge in [-0.15, -0.1) is 0 Å². The third kappa shape index (κ3) is 3.50. The summed E-state index contributed by atoms with van der Waals surface area (Å²) < 4.78 is 5.94. The molecule has 1 heterocycles. The topological polar surface area (TPSA) is 25.2 Å². The van der Waals surface area contributed by atoms with Gasteiger partial charge in [-0.05, 0) is 48.6 Å². The van der Waals surface area contributed by atoms with Gasteiger partial charge in [0.1, 0.15) is 11.5 Å². The lowest BCUT2D eigenvalue weighted by Crippen LogP contribution is -2.19. The summed E-state index contributed by atoms with van der Waals surface area (Å²) in [6.07, 6.45) is 2.29. The molecule has 0 radical (unpaired) electrons. The number of halogens is 1. The molecule has 0 amide bonds. The lowest BCUT2D eigenvalue weighted by atomic mass is 10.0. The van der Waals surface area contributed by atoms with Gasteiger partial charge in [-0.3, -0.25) is 0 Å². The monoisotopic (exact) mass is 303 g/mol. The Morgan fingerprint density at radius 2 is 2.14 bits per heavy atom. The first-order valence-corrected chi connectivity index (χ1v) is 8.12. The first-order valence-electron chi connectivity index (χ1n) is 7.74. The van der Waals surface area contributed by atoms with Crippen molar-refractivity contribution in [3.8, 4) is 0 Å². The Morgan fingerprint density at radius 3 is 2.81 bits per heavy atom. The molecule has 3 unspecified atom stereocenters. The van der Waals surface area contributed by atoms with Gasteiger partial charge in [0.2, 0.25) is 0 Å². The Labute approximate surface area is 131 Å². The summed E-state index contributed by atoms with van der Waals surface area (Å²) in [4.78, 5) is 0. The van der Waals surface area contributed by atoms with Crippen LogP contribution in [0.15, 0.2) is 40.8 Å². The maximum absolute atomic E-state index is 6.08. The van der Waals surface area contributed by atoms with Crippen LogP contribution in [0.2, 0.25) is 5.02 Å². The van der Waals surface area contributed by atoms with Crippen molar-refractivity contribution in [2.24, 2.45) is 5.92 Å². The first kappa shape index (κ1) is 14.7. The van der Waals surface area contributed by atoms with Crippen molar-refractivity contribution in [2.75, 3.05) is 0 Å². The average Bonchev–Trinajstić information content (AvgIpc) is 3.01. The molecule has 112 valence electrons. The molecule has 0 spiro atoms. The van der Waals surface area contributed by atoms with E-state index in [1.54, 1.807) is 0 Å². The molecule has 21 heavy (non-hydrogen) atoms. The fourth-order valence-corrected chi connectivity index (χ4v) is 3.05. The van der Waals surface area contributed by atoms with Crippen molar-refractivity contribution in [1.29, 1.82) is 0 Å². The van der Waals surface area contributed by atoms with E-state index in [0.717, 1.165) is 35.4 Å². The van der Waals surface area contributed by atoms with Crippen LogP contribution in [0.5, 0.6) is 0 Å². The summed E-state index contributed by atoms with van der Waals surface area (Å²) in [5.41, 5.74) is 1.23. The average molecular weight is 304 g/mol. The molecule has 1 aliphatic carbocycles. The molecule has 3 heteroatoms. The molecule has 2 nitrogen and oxygen atoms in total. The number of benzene rings is 1. The minimum absolute atomic E-state index is 0.303. The van der Waals surface area contributed by atoms with Crippen LogP contribution >= 0.6 is 11.6 Å². The van der Waals surface area contributed by atoms with E-state index in [2.05, 4.69) is 37.4 Å². The van der Waals surface area contributed by atoms with Crippen molar-refractivity contribution >= 4 is 11.6 Å². The van der Waals surface area contributed by atoms with E-state index >= 15 is 0 Å². The third-order valence-electron chi connectivity index (χ3n) is 4.34. The highest BCUT2D eigenvalue weighted by Crippen LogP contribution is 2.47. The zero-order valence-electron chi connectivity index (χ0n) is 12.6. The fraction of sp³-hybridized carbons (Fsp3) is 0.444. The normalized spacial score (nSPS) is 22.2. The van der Waals surface area contributed by atoms with E-state index in [9.17, 15) is 0 Å². The molecule has 1 aromatic carbocycles. The molecule has 3 atom stereocenters. The minimum atomic E-state index is 0.303. The van der Waals surface area contributed by atoms with Crippen LogP contribution in [0.3, 0.4) is 0 Å². The number of nitrogens with one attached hydrogen (secondary N) is 1. The van der Waals surface area contributed by atoms with Crippen molar-refractivity contribution in [1.82, 2.24) is 5.32 Å². The largest absolute Gasteiger partial charge is 0.464 e. The van der Waals surface area contributed by atoms with E-state index in [0.29, 0.717) is 12.0 Å². The molecule has 0 aliphatic heterocycles. The molecule has 2 aromatic rings. The molecule has 1 aromatic heterocycles. The van der Waals surface area contributed by atoms with Gasteiger partial charge in [-0.25, -0.2) is 0 Å². The second kappa shape index (κ2) is 6.25. The van der Waals surface area contributed by atoms with E-state index in [4.69, 9.17) is 16.0 Å². The number of hydrogen-bond donors (Lipinski definition) is 1. The highest BCUT2D eigenvalue weighted by molar-refractivity contribution is 6.30. The molecule has 1 N–H and O–H groups in total. The maximum Gasteiger partial charge on any atom is 0.117 e. The maximum atomic E-state index is 6.08. The minimum Gasteiger partial charge on any atom is -0.464 e. The lowest BCUT2D eigenvalue weighted by Gasteiger charge is -2.17. The lowest BCUT2D eigenvalue weighted by molar-refractivity contribution is 0.419. The van der Waals surface area contributed by atoms with Crippen molar-refractivity contribution in [2.45, 2.75) is 45.2 Å². The van der Waals surface area contributed by atoms with Gasteiger partial charge in [0.15, 0.2) is 0 Å².